The van der Waals surface area contributed by atoms with E-state index in [1.807, 2.05) is 25.1 Å². The topological polar surface area (TPSA) is 78.3 Å². The molecule has 5 heteroatoms. The first kappa shape index (κ1) is 14.1. The third-order valence-corrected chi connectivity index (χ3v) is 2.88. The number of rotatable bonds is 5. The van der Waals surface area contributed by atoms with Gasteiger partial charge in [0.05, 0.1) is 6.61 Å². The Morgan fingerprint density at radius 3 is 2.90 bits per heavy atom. The maximum atomic E-state index is 11.6. The fourth-order valence-electron chi connectivity index (χ4n) is 1.95. The molecular formula is C15H18N2O3. The van der Waals surface area contributed by atoms with Crippen LogP contribution in [0.25, 0.3) is 0 Å². The first-order valence-corrected chi connectivity index (χ1v) is 6.58. The third-order valence-electron chi connectivity index (χ3n) is 2.88. The maximum Gasteiger partial charge on any atom is 0.362 e. The van der Waals surface area contributed by atoms with E-state index in [-0.39, 0.29) is 18.2 Å². The fourth-order valence-corrected chi connectivity index (χ4v) is 1.95. The second-order valence-corrected chi connectivity index (χ2v) is 4.53. The molecule has 0 radical (unpaired) electrons. The van der Waals surface area contributed by atoms with E-state index in [9.17, 15) is 4.79 Å². The van der Waals surface area contributed by atoms with Gasteiger partial charge in [-0.3, -0.25) is 0 Å². The molecule has 0 fully saturated rings. The van der Waals surface area contributed by atoms with Gasteiger partial charge in [0.1, 0.15) is 0 Å². The first-order chi connectivity index (χ1) is 9.60. The van der Waals surface area contributed by atoms with Crippen LogP contribution in [-0.4, -0.2) is 17.6 Å². The Morgan fingerprint density at radius 2 is 2.20 bits per heavy atom. The van der Waals surface area contributed by atoms with Crippen molar-refractivity contribution in [3.8, 4) is 0 Å². The van der Waals surface area contributed by atoms with Crippen molar-refractivity contribution >= 4 is 11.9 Å². The highest BCUT2D eigenvalue weighted by Crippen LogP contribution is 2.16. The van der Waals surface area contributed by atoms with Crippen molar-refractivity contribution in [2.24, 2.45) is 0 Å². The minimum absolute atomic E-state index is 0.0164. The Labute approximate surface area is 117 Å². The van der Waals surface area contributed by atoms with Gasteiger partial charge in [-0.25, -0.2) is 9.78 Å². The van der Waals surface area contributed by atoms with Crippen molar-refractivity contribution in [1.29, 1.82) is 0 Å². The van der Waals surface area contributed by atoms with Crippen LogP contribution >= 0.6 is 0 Å². The highest BCUT2D eigenvalue weighted by Gasteiger charge is 2.18. The largest absolute Gasteiger partial charge is 0.461 e. The number of hydrogen-bond acceptors (Lipinski definition) is 5. The molecule has 0 saturated carbocycles. The zero-order valence-corrected chi connectivity index (χ0v) is 11.7. The summed E-state index contributed by atoms with van der Waals surface area (Å²) in [5.41, 5.74) is 8.10. The Balaban J connectivity index is 2.04. The molecule has 0 amide bonds. The summed E-state index contributed by atoms with van der Waals surface area (Å²) in [7, 11) is 0. The summed E-state index contributed by atoms with van der Waals surface area (Å²) in [5.74, 6) is -0.0784. The molecular weight excluding hydrogens is 256 g/mol. The summed E-state index contributed by atoms with van der Waals surface area (Å²) in [6.45, 7) is 4.06. The molecule has 1 aromatic carbocycles. The lowest BCUT2D eigenvalue weighted by Crippen LogP contribution is -2.07. The second-order valence-electron chi connectivity index (χ2n) is 4.53. The van der Waals surface area contributed by atoms with Gasteiger partial charge in [-0.15, -0.1) is 0 Å². The molecule has 0 aliphatic heterocycles. The molecule has 0 aliphatic carbocycles. The molecule has 2 aromatic rings. The highest BCUT2D eigenvalue weighted by atomic mass is 16.5. The number of aryl methyl sites for hydroxylation is 3. The number of anilines is 1. The van der Waals surface area contributed by atoms with E-state index in [1.54, 1.807) is 6.92 Å². The van der Waals surface area contributed by atoms with E-state index in [0.29, 0.717) is 12.3 Å². The molecule has 0 spiro atoms. The quantitative estimate of drug-likeness (QED) is 0.848. The van der Waals surface area contributed by atoms with E-state index < -0.39 is 5.97 Å². The number of nitrogen functional groups attached to an aromatic ring is 1. The van der Waals surface area contributed by atoms with E-state index >= 15 is 0 Å². The van der Waals surface area contributed by atoms with Gasteiger partial charge in [-0.1, -0.05) is 29.8 Å². The normalized spacial score (nSPS) is 10.5. The van der Waals surface area contributed by atoms with Crippen molar-refractivity contribution in [3.05, 3.63) is 47.0 Å². The van der Waals surface area contributed by atoms with Crippen LogP contribution in [0.3, 0.4) is 0 Å². The van der Waals surface area contributed by atoms with Gasteiger partial charge in [0.15, 0.2) is 5.89 Å². The van der Waals surface area contributed by atoms with Crippen LogP contribution in [0, 0.1) is 6.92 Å². The van der Waals surface area contributed by atoms with Crippen LogP contribution in [-0.2, 0) is 17.6 Å². The van der Waals surface area contributed by atoms with E-state index in [0.717, 1.165) is 6.42 Å². The van der Waals surface area contributed by atoms with Crippen LogP contribution in [0.4, 0.5) is 5.88 Å². The van der Waals surface area contributed by atoms with E-state index in [2.05, 4.69) is 11.1 Å². The molecule has 20 heavy (non-hydrogen) atoms. The number of hydrogen-bond donors (Lipinski definition) is 1. The first-order valence-electron chi connectivity index (χ1n) is 6.58. The van der Waals surface area contributed by atoms with Crippen LogP contribution < -0.4 is 5.73 Å². The number of nitrogens with two attached hydrogens (primary N) is 1. The monoisotopic (exact) mass is 274 g/mol. The molecule has 0 saturated heterocycles. The third kappa shape index (κ3) is 3.38. The number of ether oxygens (including phenoxy) is 1. The van der Waals surface area contributed by atoms with Gasteiger partial charge in [0, 0.05) is 6.42 Å². The smallest absolute Gasteiger partial charge is 0.362 e. The van der Waals surface area contributed by atoms with Gasteiger partial charge >= 0.3 is 5.97 Å². The minimum Gasteiger partial charge on any atom is -0.461 e. The van der Waals surface area contributed by atoms with Gasteiger partial charge in [-0.05, 0) is 25.8 Å². The van der Waals surface area contributed by atoms with Crippen molar-refractivity contribution in [2.45, 2.75) is 26.7 Å². The van der Waals surface area contributed by atoms with Crippen molar-refractivity contribution in [3.63, 3.8) is 0 Å². The summed E-state index contributed by atoms with van der Waals surface area (Å²) in [4.78, 5) is 15.7. The van der Waals surface area contributed by atoms with Gasteiger partial charge in [-0.2, -0.15) is 0 Å². The summed E-state index contributed by atoms with van der Waals surface area (Å²) in [6.07, 6.45) is 1.37. The number of esters is 1. The minimum atomic E-state index is -0.546. The van der Waals surface area contributed by atoms with E-state index in [4.69, 9.17) is 14.9 Å². The van der Waals surface area contributed by atoms with Crippen LogP contribution in [0.5, 0.6) is 0 Å². The summed E-state index contributed by atoms with van der Waals surface area (Å²) < 4.78 is 10.2. The van der Waals surface area contributed by atoms with Crippen molar-refractivity contribution in [1.82, 2.24) is 4.98 Å². The molecule has 0 bridgehead atoms. The summed E-state index contributed by atoms with van der Waals surface area (Å²) in [5, 5.41) is 0. The SMILES string of the molecule is CCOC(=O)c1nc(CCc2cccc(C)c2)oc1N. The Hall–Kier alpha value is -2.30. The summed E-state index contributed by atoms with van der Waals surface area (Å²) in [6, 6.07) is 8.22. The molecule has 106 valence electrons. The van der Waals surface area contributed by atoms with Crippen molar-refractivity contribution in [2.75, 3.05) is 12.3 Å². The van der Waals surface area contributed by atoms with Gasteiger partial charge in [0.25, 0.3) is 0 Å². The van der Waals surface area contributed by atoms with Gasteiger partial charge in [0.2, 0.25) is 11.6 Å². The molecule has 0 atom stereocenters. The number of carbonyl (C=O) groups excluding carboxylic acids is 1. The number of oxazole rings is 1. The zero-order chi connectivity index (χ0) is 14.5. The number of aromatic nitrogens is 1. The van der Waals surface area contributed by atoms with Crippen LogP contribution in [0.15, 0.2) is 28.7 Å². The standard InChI is InChI=1S/C15H18N2O3/c1-3-19-15(18)13-14(16)20-12(17-13)8-7-11-6-4-5-10(2)9-11/h4-6,9H,3,7-8,16H2,1-2H3. The molecule has 1 heterocycles. The Kier molecular flexibility index (Phi) is 4.40. The number of carbonyl (C=O) groups is 1. The molecule has 0 aliphatic rings. The Bertz CT molecular complexity index is 605. The lowest BCUT2D eigenvalue weighted by molar-refractivity contribution is 0.0521. The van der Waals surface area contributed by atoms with E-state index in [1.165, 1.54) is 11.1 Å². The zero-order valence-electron chi connectivity index (χ0n) is 11.7. The molecule has 2 rings (SSSR count). The molecule has 2 N–H and O–H groups in total. The lowest BCUT2D eigenvalue weighted by atomic mass is 10.1. The highest BCUT2D eigenvalue weighted by molar-refractivity contribution is 5.91. The molecule has 5 nitrogen and oxygen atoms in total. The van der Waals surface area contributed by atoms with Crippen LogP contribution in [0.2, 0.25) is 0 Å². The maximum absolute atomic E-state index is 11.6. The summed E-state index contributed by atoms with van der Waals surface area (Å²) >= 11 is 0. The average Bonchev–Trinajstić information content (AvgIpc) is 2.78. The Morgan fingerprint density at radius 1 is 1.40 bits per heavy atom. The second kappa shape index (κ2) is 6.23. The number of nitrogens with zero attached hydrogens (tertiary/aromatic N) is 1. The predicted octanol–water partition coefficient (Wildman–Crippen LogP) is 2.53. The van der Waals surface area contributed by atoms with Crippen molar-refractivity contribution < 1.29 is 13.9 Å². The molecule has 0 unspecified atom stereocenters. The lowest BCUT2D eigenvalue weighted by Gasteiger charge is -2.00. The van der Waals surface area contributed by atoms with Crippen LogP contribution in [0.1, 0.15) is 34.4 Å². The van der Waals surface area contributed by atoms with Gasteiger partial charge < -0.3 is 14.9 Å². The number of benzene rings is 1. The predicted molar refractivity (Wildman–Crippen MR) is 75.5 cm³/mol. The average molecular weight is 274 g/mol. The fraction of sp³-hybridized carbons (Fsp3) is 0.333. The molecule has 1 aromatic heterocycles.